The third kappa shape index (κ3) is 2.15. The van der Waals surface area contributed by atoms with E-state index in [1.807, 2.05) is 34.9 Å². The van der Waals surface area contributed by atoms with Crippen LogP contribution in [0.4, 0.5) is 4.39 Å². The number of benzene rings is 2. The standard InChI is InChI=1S/C14H9BrClFN2/c15-10-6-12-13(7-11(10)17)19(14(8-16)18-12)9-4-2-1-3-5-9/h1-7H,8H2. The molecule has 5 heteroatoms. The van der Waals surface area contributed by atoms with E-state index in [-0.39, 0.29) is 11.7 Å². The molecule has 96 valence electrons. The van der Waals surface area contributed by atoms with Gasteiger partial charge < -0.3 is 0 Å². The van der Waals surface area contributed by atoms with Crippen LogP contribution in [-0.4, -0.2) is 9.55 Å². The maximum Gasteiger partial charge on any atom is 0.139 e. The van der Waals surface area contributed by atoms with Gasteiger partial charge in [-0.2, -0.15) is 0 Å². The van der Waals surface area contributed by atoms with E-state index in [9.17, 15) is 4.39 Å². The number of alkyl halides is 1. The number of halogens is 3. The summed E-state index contributed by atoms with van der Waals surface area (Å²) < 4.78 is 16.0. The lowest BCUT2D eigenvalue weighted by atomic mass is 10.2. The van der Waals surface area contributed by atoms with Gasteiger partial charge in [0.25, 0.3) is 0 Å². The maximum absolute atomic E-state index is 13.7. The summed E-state index contributed by atoms with van der Waals surface area (Å²) in [6.45, 7) is 0. The largest absolute Gasteiger partial charge is 0.295 e. The van der Waals surface area contributed by atoms with Gasteiger partial charge in [0, 0.05) is 11.8 Å². The van der Waals surface area contributed by atoms with Crippen LogP contribution in [0.3, 0.4) is 0 Å². The van der Waals surface area contributed by atoms with E-state index < -0.39 is 0 Å². The molecule has 3 rings (SSSR count). The third-order valence-corrected chi connectivity index (χ3v) is 3.75. The first-order valence-electron chi connectivity index (χ1n) is 5.68. The lowest BCUT2D eigenvalue weighted by Crippen LogP contribution is -1.98. The highest BCUT2D eigenvalue weighted by atomic mass is 79.9. The van der Waals surface area contributed by atoms with Crippen LogP contribution in [0.2, 0.25) is 0 Å². The monoisotopic (exact) mass is 338 g/mol. The summed E-state index contributed by atoms with van der Waals surface area (Å²) in [5.74, 6) is 0.647. The summed E-state index contributed by atoms with van der Waals surface area (Å²) in [4.78, 5) is 4.44. The zero-order chi connectivity index (χ0) is 13.4. The fourth-order valence-electron chi connectivity index (χ4n) is 2.08. The van der Waals surface area contributed by atoms with Crippen molar-refractivity contribution in [1.82, 2.24) is 9.55 Å². The topological polar surface area (TPSA) is 17.8 Å². The van der Waals surface area contributed by atoms with Crippen LogP contribution in [0.5, 0.6) is 0 Å². The molecule has 0 atom stereocenters. The second-order valence-corrected chi connectivity index (χ2v) is 5.21. The molecule has 0 aliphatic carbocycles. The van der Waals surface area contributed by atoms with Gasteiger partial charge in [-0.25, -0.2) is 9.37 Å². The third-order valence-electron chi connectivity index (χ3n) is 2.90. The predicted octanol–water partition coefficient (Wildman–Crippen LogP) is 4.67. The summed E-state index contributed by atoms with van der Waals surface area (Å²) in [6.07, 6.45) is 0. The molecule has 1 aromatic heterocycles. The second kappa shape index (κ2) is 4.94. The molecule has 19 heavy (non-hydrogen) atoms. The van der Waals surface area contributed by atoms with Crippen LogP contribution in [-0.2, 0) is 5.88 Å². The highest BCUT2D eigenvalue weighted by molar-refractivity contribution is 9.10. The van der Waals surface area contributed by atoms with E-state index >= 15 is 0 Å². The Hall–Kier alpha value is -1.39. The summed E-state index contributed by atoms with van der Waals surface area (Å²) in [6, 6.07) is 12.8. The van der Waals surface area contributed by atoms with Crippen molar-refractivity contribution in [2.24, 2.45) is 0 Å². The van der Waals surface area contributed by atoms with Crippen molar-refractivity contribution in [3.05, 3.63) is 58.6 Å². The molecule has 2 nitrogen and oxygen atoms in total. The zero-order valence-electron chi connectivity index (χ0n) is 9.78. The van der Waals surface area contributed by atoms with Crippen LogP contribution in [0.15, 0.2) is 46.9 Å². The minimum Gasteiger partial charge on any atom is -0.295 e. The quantitative estimate of drug-likeness (QED) is 0.621. The van der Waals surface area contributed by atoms with Crippen molar-refractivity contribution >= 4 is 38.6 Å². The van der Waals surface area contributed by atoms with Crippen molar-refractivity contribution in [2.45, 2.75) is 5.88 Å². The Morgan fingerprint density at radius 2 is 1.95 bits per heavy atom. The summed E-state index contributed by atoms with van der Waals surface area (Å²) >= 11 is 9.12. The zero-order valence-corrected chi connectivity index (χ0v) is 12.1. The molecule has 0 radical (unpaired) electrons. The van der Waals surface area contributed by atoms with Crippen LogP contribution in [0.1, 0.15) is 5.82 Å². The van der Waals surface area contributed by atoms with Crippen molar-refractivity contribution < 1.29 is 4.39 Å². The molecular weight excluding hydrogens is 331 g/mol. The average Bonchev–Trinajstić information content (AvgIpc) is 2.78. The summed E-state index contributed by atoms with van der Waals surface area (Å²) in [5.41, 5.74) is 2.35. The molecule has 0 saturated carbocycles. The van der Waals surface area contributed by atoms with Gasteiger partial charge in [0.15, 0.2) is 0 Å². The SMILES string of the molecule is Fc1cc2c(cc1Br)nc(CCl)n2-c1ccccc1. The maximum atomic E-state index is 13.7. The van der Waals surface area contributed by atoms with Crippen LogP contribution >= 0.6 is 27.5 Å². The molecule has 1 heterocycles. The number of para-hydroxylation sites is 1. The lowest BCUT2D eigenvalue weighted by Gasteiger charge is -2.07. The Morgan fingerprint density at radius 1 is 1.21 bits per heavy atom. The predicted molar refractivity (Wildman–Crippen MR) is 78.3 cm³/mol. The van der Waals surface area contributed by atoms with Gasteiger partial charge in [-0.3, -0.25) is 4.57 Å². The van der Waals surface area contributed by atoms with E-state index in [0.717, 1.165) is 5.69 Å². The number of hydrogen-bond donors (Lipinski definition) is 0. The van der Waals surface area contributed by atoms with Gasteiger partial charge in [0.2, 0.25) is 0 Å². The van der Waals surface area contributed by atoms with Gasteiger partial charge in [-0.15, -0.1) is 11.6 Å². The second-order valence-electron chi connectivity index (χ2n) is 4.09. The smallest absolute Gasteiger partial charge is 0.139 e. The summed E-state index contributed by atoms with van der Waals surface area (Å²) in [7, 11) is 0. The van der Waals surface area contributed by atoms with E-state index in [2.05, 4.69) is 20.9 Å². The molecule has 3 aromatic rings. The molecule has 0 bridgehead atoms. The molecule has 0 spiro atoms. The van der Waals surface area contributed by atoms with Crippen molar-refractivity contribution in [3.63, 3.8) is 0 Å². The van der Waals surface area contributed by atoms with E-state index in [0.29, 0.717) is 21.3 Å². The molecule has 0 unspecified atom stereocenters. The normalized spacial score (nSPS) is 11.1. The molecule has 0 fully saturated rings. The average molecular weight is 340 g/mol. The first-order chi connectivity index (χ1) is 9.20. The Bertz CT molecular complexity index is 740. The number of hydrogen-bond acceptors (Lipinski definition) is 1. The Morgan fingerprint density at radius 3 is 2.63 bits per heavy atom. The number of imidazole rings is 1. The minimum atomic E-state index is -0.314. The van der Waals surface area contributed by atoms with Gasteiger partial charge >= 0.3 is 0 Å². The van der Waals surface area contributed by atoms with E-state index in [1.165, 1.54) is 6.07 Å². The highest BCUT2D eigenvalue weighted by Crippen LogP contribution is 2.27. The van der Waals surface area contributed by atoms with Gasteiger partial charge in [0.05, 0.1) is 21.4 Å². The van der Waals surface area contributed by atoms with Crippen molar-refractivity contribution in [3.8, 4) is 5.69 Å². The number of aromatic nitrogens is 2. The van der Waals surface area contributed by atoms with Gasteiger partial charge in [-0.1, -0.05) is 18.2 Å². The van der Waals surface area contributed by atoms with Crippen LogP contribution in [0, 0.1) is 5.82 Å². The number of rotatable bonds is 2. The first-order valence-corrected chi connectivity index (χ1v) is 7.01. The van der Waals surface area contributed by atoms with E-state index in [4.69, 9.17) is 11.6 Å². The summed E-state index contributed by atoms with van der Waals surface area (Å²) in [5, 5.41) is 0. The highest BCUT2D eigenvalue weighted by Gasteiger charge is 2.14. The van der Waals surface area contributed by atoms with Crippen molar-refractivity contribution in [1.29, 1.82) is 0 Å². The Kier molecular flexibility index (Phi) is 3.29. The first kappa shape index (κ1) is 12.6. The Labute approximate surface area is 123 Å². The van der Waals surface area contributed by atoms with Gasteiger partial charge in [-0.05, 0) is 34.1 Å². The fourth-order valence-corrected chi connectivity index (χ4v) is 2.59. The minimum absolute atomic E-state index is 0.267. The molecule has 0 aliphatic rings. The van der Waals surface area contributed by atoms with Gasteiger partial charge in [0.1, 0.15) is 11.6 Å². The van der Waals surface area contributed by atoms with E-state index in [1.54, 1.807) is 6.07 Å². The fraction of sp³-hybridized carbons (Fsp3) is 0.0714. The van der Waals surface area contributed by atoms with Crippen LogP contribution in [0.25, 0.3) is 16.7 Å². The Balaban J connectivity index is 2.36. The van der Waals surface area contributed by atoms with Crippen LogP contribution < -0.4 is 0 Å². The lowest BCUT2D eigenvalue weighted by molar-refractivity contribution is 0.622. The molecule has 0 aliphatic heterocycles. The molecule has 2 aromatic carbocycles. The molecule has 0 saturated heterocycles. The number of nitrogens with zero attached hydrogens (tertiary/aromatic N) is 2. The molecule has 0 N–H and O–H groups in total. The molecular formula is C14H9BrClFN2. The molecule has 0 amide bonds. The number of fused-ring (bicyclic) bond motifs is 1. The van der Waals surface area contributed by atoms with Crippen molar-refractivity contribution in [2.75, 3.05) is 0 Å².